The fourth-order valence-corrected chi connectivity index (χ4v) is 5.28. The number of likely N-dealkylation sites (tertiary alicyclic amines) is 1. The molecule has 4 rings (SSSR count). The van der Waals surface area contributed by atoms with Crippen molar-refractivity contribution in [3.63, 3.8) is 0 Å². The molecule has 3 unspecified atom stereocenters. The molecule has 2 amide bonds. The minimum Gasteiger partial charge on any atom is -0.481 e. The van der Waals surface area contributed by atoms with Gasteiger partial charge in [-0.15, -0.1) is 0 Å². The molecule has 2 N–H and O–H groups in total. The van der Waals surface area contributed by atoms with E-state index in [2.05, 4.69) is 10.2 Å². The molecule has 0 spiro atoms. The lowest BCUT2D eigenvalue weighted by Gasteiger charge is -2.30. The highest BCUT2D eigenvalue weighted by Crippen LogP contribution is 2.44. The molecule has 180 valence electrons. The Morgan fingerprint density at radius 1 is 1.09 bits per heavy atom. The summed E-state index contributed by atoms with van der Waals surface area (Å²) >= 11 is 0. The molecule has 2 aliphatic rings. The van der Waals surface area contributed by atoms with Crippen LogP contribution in [0.3, 0.4) is 0 Å². The van der Waals surface area contributed by atoms with Crippen LogP contribution in [0.15, 0.2) is 48.5 Å². The zero-order valence-electron chi connectivity index (χ0n) is 19.7. The summed E-state index contributed by atoms with van der Waals surface area (Å²) in [6.07, 6.45) is -0.499. The second-order valence-electron chi connectivity index (χ2n) is 9.21. The SMILES string of the molecule is CC1C(N(C)C)CCN1C(=O)C(CC(=O)O)NC(=O)OCC1c2ccccc2-c2ccccc21. The Kier molecular flexibility index (Phi) is 6.88. The maximum absolute atomic E-state index is 13.2. The Morgan fingerprint density at radius 2 is 1.68 bits per heavy atom. The lowest BCUT2D eigenvalue weighted by molar-refractivity contribution is -0.143. The smallest absolute Gasteiger partial charge is 0.407 e. The van der Waals surface area contributed by atoms with Crippen molar-refractivity contribution in [1.29, 1.82) is 0 Å². The second-order valence-corrected chi connectivity index (χ2v) is 9.21. The van der Waals surface area contributed by atoms with E-state index >= 15 is 0 Å². The highest BCUT2D eigenvalue weighted by atomic mass is 16.5. The average Bonchev–Trinajstić information content (AvgIpc) is 3.34. The predicted octanol–water partition coefficient (Wildman–Crippen LogP) is 2.92. The van der Waals surface area contributed by atoms with Gasteiger partial charge in [-0.05, 0) is 49.7 Å². The molecule has 1 aliphatic carbocycles. The quantitative estimate of drug-likeness (QED) is 0.652. The van der Waals surface area contributed by atoms with Gasteiger partial charge in [-0.3, -0.25) is 9.59 Å². The van der Waals surface area contributed by atoms with Crippen molar-refractivity contribution >= 4 is 18.0 Å². The van der Waals surface area contributed by atoms with Crippen LogP contribution in [-0.2, 0) is 14.3 Å². The molecule has 3 atom stereocenters. The van der Waals surface area contributed by atoms with Crippen LogP contribution in [0, 0.1) is 0 Å². The number of carbonyl (C=O) groups excluding carboxylic acids is 2. The Balaban J connectivity index is 1.43. The van der Waals surface area contributed by atoms with Crippen LogP contribution in [-0.4, -0.2) is 78.2 Å². The number of alkyl carbamates (subject to hydrolysis) is 1. The fraction of sp³-hybridized carbons (Fsp3) is 0.423. The minimum absolute atomic E-state index is 0.0805. The van der Waals surface area contributed by atoms with Crippen LogP contribution < -0.4 is 5.32 Å². The van der Waals surface area contributed by atoms with Gasteiger partial charge in [-0.25, -0.2) is 4.79 Å². The molecule has 2 aromatic carbocycles. The summed E-state index contributed by atoms with van der Waals surface area (Å²) in [6, 6.07) is 14.9. The number of likely N-dealkylation sites (N-methyl/N-ethyl adjacent to an activating group) is 1. The van der Waals surface area contributed by atoms with Gasteiger partial charge in [-0.1, -0.05) is 48.5 Å². The number of nitrogens with zero attached hydrogens (tertiary/aromatic N) is 2. The molecule has 0 radical (unpaired) electrons. The zero-order chi connectivity index (χ0) is 24.4. The number of benzene rings is 2. The lowest BCUT2D eigenvalue weighted by Crippen LogP contribution is -2.52. The number of carboxylic acids is 1. The summed E-state index contributed by atoms with van der Waals surface area (Å²) in [5.74, 6) is -1.67. The van der Waals surface area contributed by atoms with Gasteiger partial charge in [-0.2, -0.15) is 0 Å². The van der Waals surface area contributed by atoms with Crippen molar-refractivity contribution in [2.45, 2.75) is 43.8 Å². The van der Waals surface area contributed by atoms with Gasteiger partial charge < -0.3 is 25.0 Å². The van der Waals surface area contributed by atoms with Gasteiger partial charge in [0.2, 0.25) is 5.91 Å². The zero-order valence-corrected chi connectivity index (χ0v) is 19.7. The van der Waals surface area contributed by atoms with Gasteiger partial charge in [0.1, 0.15) is 12.6 Å². The van der Waals surface area contributed by atoms with Crippen molar-refractivity contribution in [3.05, 3.63) is 59.7 Å². The highest BCUT2D eigenvalue weighted by molar-refractivity contribution is 5.89. The number of hydrogen-bond donors (Lipinski definition) is 2. The summed E-state index contributed by atoms with van der Waals surface area (Å²) < 4.78 is 5.53. The van der Waals surface area contributed by atoms with Crippen molar-refractivity contribution in [2.75, 3.05) is 27.2 Å². The molecule has 8 nitrogen and oxygen atoms in total. The summed E-state index contributed by atoms with van der Waals surface area (Å²) in [7, 11) is 3.91. The molecule has 1 saturated heterocycles. The first-order valence-corrected chi connectivity index (χ1v) is 11.6. The van der Waals surface area contributed by atoms with E-state index in [0.717, 1.165) is 28.7 Å². The maximum atomic E-state index is 13.2. The standard InChI is InChI=1S/C26H31N3O5/c1-16-23(28(2)3)12-13-29(16)25(32)22(14-24(30)31)27-26(33)34-15-21-19-10-6-4-8-17(19)18-9-5-7-11-20(18)21/h4-11,16,21-23H,12-15H2,1-3H3,(H,27,33)(H,30,31). The Hall–Kier alpha value is -3.39. The number of nitrogens with one attached hydrogen (secondary N) is 1. The third-order valence-electron chi connectivity index (χ3n) is 6.97. The number of fused-ring (bicyclic) bond motifs is 3. The number of amides is 2. The normalized spacial score (nSPS) is 20.1. The van der Waals surface area contributed by atoms with E-state index in [0.29, 0.717) is 6.54 Å². The number of hydrogen-bond acceptors (Lipinski definition) is 5. The number of rotatable bonds is 7. The van der Waals surface area contributed by atoms with E-state index in [-0.39, 0.29) is 24.6 Å². The monoisotopic (exact) mass is 465 g/mol. The third kappa shape index (κ3) is 4.63. The molecule has 0 bridgehead atoms. The summed E-state index contributed by atoms with van der Waals surface area (Å²) in [6.45, 7) is 2.56. The lowest BCUT2D eigenvalue weighted by atomic mass is 9.98. The summed E-state index contributed by atoms with van der Waals surface area (Å²) in [4.78, 5) is 41.0. The van der Waals surface area contributed by atoms with Gasteiger partial charge in [0.05, 0.1) is 6.42 Å². The van der Waals surface area contributed by atoms with E-state index in [1.807, 2.05) is 69.6 Å². The molecule has 34 heavy (non-hydrogen) atoms. The molecular formula is C26H31N3O5. The molecule has 2 aromatic rings. The van der Waals surface area contributed by atoms with Gasteiger partial charge >= 0.3 is 12.1 Å². The second kappa shape index (κ2) is 9.85. The van der Waals surface area contributed by atoms with Gasteiger partial charge in [0.25, 0.3) is 0 Å². The molecule has 1 aliphatic heterocycles. The van der Waals surface area contributed by atoms with Crippen molar-refractivity contribution in [2.24, 2.45) is 0 Å². The summed E-state index contributed by atoms with van der Waals surface area (Å²) in [5.41, 5.74) is 4.39. The predicted molar refractivity (Wildman–Crippen MR) is 128 cm³/mol. The van der Waals surface area contributed by atoms with Crippen LogP contribution in [0.5, 0.6) is 0 Å². The molecule has 0 aromatic heterocycles. The average molecular weight is 466 g/mol. The Bertz CT molecular complexity index is 1040. The van der Waals surface area contributed by atoms with Gasteiger partial charge in [0, 0.05) is 24.5 Å². The van der Waals surface area contributed by atoms with Gasteiger partial charge in [0.15, 0.2) is 0 Å². The Morgan fingerprint density at radius 3 is 2.21 bits per heavy atom. The number of ether oxygens (including phenoxy) is 1. The van der Waals surface area contributed by atoms with E-state index in [1.54, 1.807) is 4.90 Å². The van der Waals surface area contributed by atoms with Crippen LogP contribution in [0.25, 0.3) is 11.1 Å². The van der Waals surface area contributed by atoms with E-state index in [4.69, 9.17) is 4.74 Å². The van der Waals surface area contributed by atoms with Crippen molar-refractivity contribution in [1.82, 2.24) is 15.1 Å². The fourth-order valence-electron chi connectivity index (χ4n) is 5.28. The molecular weight excluding hydrogens is 434 g/mol. The third-order valence-corrected chi connectivity index (χ3v) is 6.97. The van der Waals surface area contributed by atoms with Crippen LogP contribution in [0.2, 0.25) is 0 Å². The largest absolute Gasteiger partial charge is 0.481 e. The summed E-state index contributed by atoms with van der Waals surface area (Å²) in [5, 5.41) is 11.9. The molecule has 0 saturated carbocycles. The minimum atomic E-state index is -1.18. The van der Waals surface area contributed by atoms with E-state index < -0.39 is 30.4 Å². The maximum Gasteiger partial charge on any atom is 0.407 e. The number of carboxylic acid groups (broad SMARTS) is 1. The first-order chi connectivity index (χ1) is 16.3. The van der Waals surface area contributed by atoms with Crippen LogP contribution in [0.4, 0.5) is 4.79 Å². The first-order valence-electron chi connectivity index (χ1n) is 11.6. The topological polar surface area (TPSA) is 99.2 Å². The van der Waals surface area contributed by atoms with Crippen LogP contribution in [0.1, 0.15) is 36.8 Å². The van der Waals surface area contributed by atoms with E-state index in [9.17, 15) is 19.5 Å². The molecule has 1 fully saturated rings. The molecule has 1 heterocycles. The Labute approximate surface area is 199 Å². The molecule has 8 heteroatoms. The first kappa shape index (κ1) is 23.8. The number of carbonyl (C=O) groups is 3. The number of aliphatic carboxylic acids is 1. The van der Waals surface area contributed by atoms with Crippen molar-refractivity contribution < 1.29 is 24.2 Å². The van der Waals surface area contributed by atoms with Crippen molar-refractivity contribution in [3.8, 4) is 11.1 Å². The van der Waals surface area contributed by atoms with E-state index in [1.165, 1.54) is 0 Å². The highest BCUT2D eigenvalue weighted by Gasteiger charge is 2.39. The van der Waals surface area contributed by atoms with Crippen LogP contribution >= 0.6 is 0 Å².